The molecule has 3 aromatic carbocycles. The number of hydrogen-bond acceptors (Lipinski definition) is 5. The number of amides is 3. The maximum Gasteiger partial charge on any atom is 0.270 e. The van der Waals surface area contributed by atoms with Gasteiger partial charge in [0.05, 0.1) is 22.5 Å². The first kappa shape index (κ1) is 20.1. The number of para-hydroxylation sites is 1. The first-order valence-electron chi connectivity index (χ1n) is 10.2. The molecule has 7 nitrogen and oxygen atoms in total. The molecule has 5 rings (SSSR count). The van der Waals surface area contributed by atoms with E-state index in [0.29, 0.717) is 16.2 Å². The Labute approximate surface area is 189 Å². The zero-order chi connectivity index (χ0) is 22.9. The van der Waals surface area contributed by atoms with Crippen LogP contribution in [0, 0.1) is 0 Å². The minimum atomic E-state index is -0.743. The van der Waals surface area contributed by atoms with Crippen molar-refractivity contribution in [1.29, 1.82) is 0 Å². The van der Waals surface area contributed by atoms with Crippen molar-refractivity contribution in [3.05, 3.63) is 108 Å². The lowest BCUT2D eigenvalue weighted by Crippen LogP contribution is -2.34. The van der Waals surface area contributed by atoms with Gasteiger partial charge in [-0.2, -0.15) is 5.10 Å². The fourth-order valence-electron chi connectivity index (χ4n) is 3.79. The molecule has 0 atom stereocenters. The number of aromatic nitrogens is 2. The summed E-state index contributed by atoms with van der Waals surface area (Å²) < 4.78 is 1.72. The molecule has 2 heterocycles. The van der Waals surface area contributed by atoms with Crippen molar-refractivity contribution in [2.24, 2.45) is 0 Å². The fourth-order valence-corrected chi connectivity index (χ4v) is 3.79. The molecule has 0 unspecified atom stereocenters. The number of fused-ring (bicyclic) bond motifs is 1. The second-order valence-electron chi connectivity index (χ2n) is 7.47. The number of rotatable bonds is 4. The first-order chi connectivity index (χ1) is 16.0. The maximum absolute atomic E-state index is 12.9. The van der Waals surface area contributed by atoms with E-state index in [-0.39, 0.29) is 16.8 Å². The van der Waals surface area contributed by atoms with Gasteiger partial charge in [-0.05, 0) is 30.3 Å². The van der Waals surface area contributed by atoms with Crippen LogP contribution in [0.1, 0.15) is 26.3 Å². The van der Waals surface area contributed by atoms with Gasteiger partial charge >= 0.3 is 0 Å². The van der Waals surface area contributed by atoms with Crippen LogP contribution in [0.15, 0.2) is 91.1 Å². The summed E-state index contributed by atoms with van der Waals surface area (Å²) in [5.41, 5.74) is 9.26. The molecule has 1 aromatic heterocycles. The maximum atomic E-state index is 12.9. The summed E-state index contributed by atoms with van der Waals surface area (Å²) in [6, 6.07) is 23.7. The van der Waals surface area contributed by atoms with Gasteiger partial charge in [0.2, 0.25) is 0 Å². The minimum absolute atomic E-state index is 0.0612. The lowest BCUT2D eigenvalue weighted by Gasteiger charge is -2.08. The van der Waals surface area contributed by atoms with E-state index in [2.05, 4.69) is 0 Å². The fraction of sp³-hybridized carbons (Fsp3) is 0. The number of benzene rings is 3. The van der Waals surface area contributed by atoms with Gasteiger partial charge in [-0.1, -0.05) is 54.6 Å². The second-order valence-corrected chi connectivity index (χ2v) is 7.47. The second kappa shape index (κ2) is 8.05. The molecule has 1 aliphatic rings. The largest absolute Gasteiger partial charge is 0.398 e. The summed E-state index contributed by atoms with van der Waals surface area (Å²) in [6.45, 7) is 0. The number of carbonyl (C=O) groups is 3. The zero-order valence-electron chi connectivity index (χ0n) is 17.4. The lowest BCUT2D eigenvalue weighted by atomic mass is 10.1. The summed E-state index contributed by atoms with van der Waals surface area (Å²) in [5, 5.41) is 4.69. The molecule has 0 saturated heterocycles. The van der Waals surface area contributed by atoms with Crippen LogP contribution in [-0.4, -0.2) is 32.4 Å². The zero-order valence-corrected chi connectivity index (χ0v) is 17.4. The Morgan fingerprint density at radius 2 is 1.55 bits per heavy atom. The van der Waals surface area contributed by atoms with Crippen LogP contribution in [0.5, 0.6) is 0 Å². The van der Waals surface area contributed by atoms with Crippen molar-refractivity contribution in [2.45, 2.75) is 0 Å². The molecule has 0 spiro atoms. The van der Waals surface area contributed by atoms with Gasteiger partial charge in [0.15, 0.2) is 0 Å². The van der Waals surface area contributed by atoms with E-state index in [0.717, 1.165) is 11.3 Å². The van der Waals surface area contributed by atoms with E-state index in [4.69, 9.17) is 10.8 Å². The highest BCUT2D eigenvalue weighted by Crippen LogP contribution is 2.29. The number of hydrogen-bond donors (Lipinski definition) is 1. The van der Waals surface area contributed by atoms with Crippen molar-refractivity contribution < 1.29 is 14.4 Å². The summed E-state index contributed by atoms with van der Waals surface area (Å²) in [5.74, 6) is -2.14. The van der Waals surface area contributed by atoms with Crippen molar-refractivity contribution >= 4 is 29.5 Å². The van der Waals surface area contributed by atoms with E-state index in [1.165, 1.54) is 18.2 Å². The number of carbonyl (C=O) groups excluding carboxylic acids is 3. The topological polar surface area (TPSA) is 98.3 Å². The Balaban J connectivity index is 1.50. The molecule has 7 heteroatoms. The first-order valence-corrected chi connectivity index (χ1v) is 10.2. The summed E-state index contributed by atoms with van der Waals surface area (Å²) in [7, 11) is 0. The highest BCUT2D eigenvalue weighted by atomic mass is 16.2. The molecule has 160 valence electrons. The molecular weight excluding hydrogens is 416 g/mol. The molecule has 0 bridgehead atoms. The highest BCUT2D eigenvalue weighted by molar-refractivity contribution is 6.32. The molecule has 0 saturated carbocycles. The summed E-state index contributed by atoms with van der Waals surface area (Å²) in [4.78, 5) is 38.9. The van der Waals surface area contributed by atoms with Gasteiger partial charge in [0.25, 0.3) is 17.7 Å². The van der Waals surface area contributed by atoms with Crippen molar-refractivity contribution in [1.82, 2.24) is 14.7 Å². The molecule has 3 amide bonds. The molecule has 33 heavy (non-hydrogen) atoms. The smallest absolute Gasteiger partial charge is 0.270 e. The number of nitrogen functional groups attached to an aromatic ring is 1. The van der Waals surface area contributed by atoms with Crippen LogP contribution in [-0.2, 0) is 4.79 Å². The predicted molar refractivity (Wildman–Crippen MR) is 124 cm³/mol. The van der Waals surface area contributed by atoms with Crippen LogP contribution in [0.3, 0.4) is 0 Å². The molecule has 0 aliphatic carbocycles. The SMILES string of the molecule is Nc1cccc2c1C(=O)N(C(=O)/C=C/c1cn(-c3ccccc3)nc1-c1ccccc1)C2=O. The summed E-state index contributed by atoms with van der Waals surface area (Å²) in [6.07, 6.45) is 4.56. The molecular formula is C26H18N4O3. The Morgan fingerprint density at radius 1 is 0.848 bits per heavy atom. The molecule has 1 aliphatic heterocycles. The van der Waals surface area contributed by atoms with Crippen LogP contribution in [0.25, 0.3) is 23.0 Å². The van der Waals surface area contributed by atoms with Gasteiger partial charge < -0.3 is 5.73 Å². The molecule has 0 radical (unpaired) electrons. The van der Waals surface area contributed by atoms with Crippen molar-refractivity contribution in [2.75, 3.05) is 5.73 Å². The number of anilines is 1. The Morgan fingerprint density at radius 3 is 2.24 bits per heavy atom. The third-order valence-corrected chi connectivity index (χ3v) is 5.38. The minimum Gasteiger partial charge on any atom is -0.398 e. The van der Waals surface area contributed by atoms with Gasteiger partial charge in [-0.3, -0.25) is 14.4 Å². The van der Waals surface area contributed by atoms with Gasteiger partial charge in [-0.25, -0.2) is 9.58 Å². The van der Waals surface area contributed by atoms with E-state index in [9.17, 15) is 14.4 Å². The molecule has 4 aromatic rings. The Kier molecular flexibility index (Phi) is 4.91. The number of nitrogens with zero attached hydrogens (tertiary/aromatic N) is 3. The summed E-state index contributed by atoms with van der Waals surface area (Å²) >= 11 is 0. The highest BCUT2D eigenvalue weighted by Gasteiger charge is 2.40. The van der Waals surface area contributed by atoms with Gasteiger partial charge in [0, 0.05) is 29.1 Å². The molecule has 2 N–H and O–H groups in total. The average molecular weight is 434 g/mol. The Hall–Kier alpha value is -4.78. The Bertz CT molecular complexity index is 1420. The van der Waals surface area contributed by atoms with E-state index in [1.807, 2.05) is 60.7 Å². The van der Waals surface area contributed by atoms with Gasteiger partial charge in [0.1, 0.15) is 0 Å². The monoisotopic (exact) mass is 434 g/mol. The lowest BCUT2D eigenvalue weighted by molar-refractivity contribution is -0.121. The normalized spacial score (nSPS) is 13.0. The van der Waals surface area contributed by atoms with E-state index in [1.54, 1.807) is 23.0 Å². The van der Waals surface area contributed by atoms with Crippen LogP contribution < -0.4 is 5.73 Å². The van der Waals surface area contributed by atoms with Crippen LogP contribution >= 0.6 is 0 Å². The van der Waals surface area contributed by atoms with Gasteiger partial charge in [-0.15, -0.1) is 0 Å². The third kappa shape index (κ3) is 3.51. The van der Waals surface area contributed by atoms with Crippen LogP contribution in [0.2, 0.25) is 0 Å². The van der Waals surface area contributed by atoms with E-state index >= 15 is 0 Å². The quantitative estimate of drug-likeness (QED) is 0.298. The molecule has 0 fully saturated rings. The average Bonchev–Trinajstić information content (AvgIpc) is 3.38. The standard InChI is InChI=1S/C26H18N4O3/c27-21-13-7-12-20-23(21)26(33)30(25(20)32)22(31)15-14-18-16-29(19-10-5-2-6-11-19)28-24(18)17-8-3-1-4-9-17/h1-16H,27H2/b15-14+. The number of nitrogens with two attached hydrogens (primary N) is 1. The van der Waals surface area contributed by atoms with Crippen molar-refractivity contribution in [3.63, 3.8) is 0 Å². The third-order valence-electron chi connectivity index (χ3n) is 5.38. The van der Waals surface area contributed by atoms with Crippen molar-refractivity contribution in [3.8, 4) is 16.9 Å². The van der Waals surface area contributed by atoms with E-state index < -0.39 is 17.7 Å². The predicted octanol–water partition coefficient (Wildman–Crippen LogP) is 3.96. The van der Waals surface area contributed by atoms with Crippen LogP contribution in [0.4, 0.5) is 5.69 Å². The number of imide groups is 3.